The van der Waals surface area contributed by atoms with Crippen LogP contribution in [0.15, 0.2) is 36.9 Å². The van der Waals surface area contributed by atoms with Crippen LogP contribution in [0.25, 0.3) is 11.2 Å². The number of nitrogens with one attached hydrogen (secondary N) is 1. The molecule has 0 aliphatic carbocycles. The van der Waals surface area contributed by atoms with Crippen LogP contribution in [-0.4, -0.2) is 26.5 Å². The van der Waals surface area contributed by atoms with E-state index in [0.29, 0.717) is 23.6 Å². The minimum Gasteiger partial charge on any atom is -0.437 e. The van der Waals surface area contributed by atoms with Crippen LogP contribution in [0.1, 0.15) is 5.56 Å². The monoisotopic (exact) mass is 255 g/mol. The molecule has 0 unspecified atom stereocenters. The van der Waals surface area contributed by atoms with Crippen molar-refractivity contribution < 1.29 is 4.74 Å². The number of benzene rings is 1. The SMILES string of the molecule is NCCc1ccc(Oc2ncnc3nc[nH]c23)cc1. The summed E-state index contributed by atoms with van der Waals surface area (Å²) in [5.41, 5.74) is 7.97. The second-order valence-electron chi connectivity index (χ2n) is 4.06. The maximum atomic E-state index is 5.73. The third-order valence-electron chi connectivity index (χ3n) is 2.76. The van der Waals surface area contributed by atoms with Gasteiger partial charge in [-0.15, -0.1) is 0 Å². The molecule has 0 aliphatic rings. The van der Waals surface area contributed by atoms with Crippen molar-refractivity contribution in [3.05, 3.63) is 42.5 Å². The highest BCUT2D eigenvalue weighted by atomic mass is 16.5. The molecule has 0 amide bonds. The molecule has 0 fully saturated rings. The van der Waals surface area contributed by atoms with Gasteiger partial charge in [-0.3, -0.25) is 0 Å². The highest BCUT2D eigenvalue weighted by Gasteiger charge is 2.07. The molecular weight excluding hydrogens is 242 g/mol. The average Bonchev–Trinajstić information content (AvgIpc) is 2.91. The number of H-pyrrole nitrogens is 1. The molecule has 0 aliphatic heterocycles. The van der Waals surface area contributed by atoms with Crippen molar-refractivity contribution >= 4 is 11.2 Å². The van der Waals surface area contributed by atoms with Crippen molar-refractivity contribution in [2.75, 3.05) is 6.54 Å². The van der Waals surface area contributed by atoms with Crippen LogP contribution in [0.4, 0.5) is 0 Å². The lowest BCUT2D eigenvalue weighted by molar-refractivity contribution is 0.467. The molecule has 3 rings (SSSR count). The van der Waals surface area contributed by atoms with Crippen molar-refractivity contribution in [2.24, 2.45) is 5.73 Å². The predicted molar refractivity (Wildman–Crippen MR) is 71.0 cm³/mol. The second-order valence-corrected chi connectivity index (χ2v) is 4.06. The summed E-state index contributed by atoms with van der Waals surface area (Å²) >= 11 is 0. The first-order chi connectivity index (χ1) is 9.36. The minimum atomic E-state index is 0.467. The van der Waals surface area contributed by atoms with Gasteiger partial charge < -0.3 is 15.5 Å². The van der Waals surface area contributed by atoms with E-state index in [1.165, 1.54) is 11.9 Å². The Kier molecular flexibility index (Phi) is 3.07. The fourth-order valence-electron chi connectivity index (χ4n) is 1.82. The molecule has 19 heavy (non-hydrogen) atoms. The van der Waals surface area contributed by atoms with Crippen LogP contribution in [0, 0.1) is 0 Å². The lowest BCUT2D eigenvalue weighted by Crippen LogP contribution is -2.02. The summed E-state index contributed by atoms with van der Waals surface area (Å²) in [6, 6.07) is 7.78. The van der Waals surface area contributed by atoms with E-state index in [0.717, 1.165) is 12.2 Å². The Hall–Kier alpha value is -2.47. The lowest BCUT2D eigenvalue weighted by atomic mass is 10.1. The molecule has 0 atom stereocenters. The number of aromatic nitrogens is 4. The number of imidazole rings is 1. The first kappa shape index (κ1) is 11.6. The maximum absolute atomic E-state index is 5.73. The summed E-state index contributed by atoms with van der Waals surface area (Å²) < 4.78 is 5.73. The molecule has 6 nitrogen and oxygen atoms in total. The van der Waals surface area contributed by atoms with Gasteiger partial charge in [-0.2, -0.15) is 4.98 Å². The predicted octanol–water partition coefficient (Wildman–Crippen LogP) is 1.65. The number of fused-ring (bicyclic) bond motifs is 1. The Morgan fingerprint density at radius 1 is 1.11 bits per heavy atom. The van der Waals surface area contributed by atoms with Crippen molar-refractivity contribution in [3.63, 3.8) is 0 Å². The first-order valence-corrected chi connectivity index (χ1v) is 5.98. The molecule has 0 saturated heterocycles. The molecule has 96 valence electrons. The van der Waals surface area contributed by atoms with Crippen molar-refractivity contribution in [2.45, 2.75) is 6.42 Å². The van der Waals surface area contributed by atoms with Gasteiger partial charge in [-0.05, 0) is 30.7 Å². The first-order valence-electron chi connectivity index (χ1n) is 5.98. The number of rotatable bonds is 4. The van der Waals surface area contributed by atoms with E-state index in [1.807, 2.05) is 24.3 Å². The number of hydrogen-bond donors (Lipinski definition) is 2. The zero-order chi connectivity index (χ0) is 13.1. The zero-order valence-corrected chi connectivity index (χ0v) is 10.2. The van der Waals surface area contributed by atoms with Crippen molar-refractivity contribution in [1.82, 2.24) is 19.9 Å². The molecule has 3 N–H and O–H groups in total. The van der Waals surface area contributed by atoms with E-state index in [-0.39, 0.29) is 0 Å². The van der Waals surface area contributed by atoms with Gasteiger partial charge in [0.15, 0.2) is 5.65 Å². The fraction of sp³-hybridized carbons (Fsp3) is 0.154. The van der Waals surface area contributed by atoms with Crippen LogP contribution in [0.5, 0.6) is 11.6 Å². The van der Waals surface area contributed by atoms with Gasteiger partial charge in [-0.25, -0.2) is 9.97 Å². The Balaban J connectivity index is 1.86. The van der Waals surface area contributed by atoms with Gasteiger partial charge in [0, 0.05) is 0 Å². The fourth-order valence-corrected chi connectivity index (χ4v) is 1.82. The smallest absolute Gasteiger partial charge is 0.248 e. The summed E-state index contributed by atoms with van der Waals surface area (Å²) in [6.07, 6.45) is 3.86. The third kappa shape index (κ3) is 2.38. The quantitative estimate of drug-likeness (QED) is 0.739. The maximum Gasteiger partial charge on any atom is 0.248 e. The van der Waals surface area contributed by atoms with Gasteiger partial charge in [0.2, 0.25) is 5.88 Å². The summed E-state index contributed by atoms with van der Waals surface area (Å²) in [7, 11) is 0. The lowest BCUT2D eigenvalue weighted by Gasteiger charge is -2.05. The number of nitrogens with two attached hydrogens (primary N) is 1. The molecule has 0 spiro atoms. The van der Waals surface area contributed by atoms with Gasteiger partial charge >= 0.3 is 0 Å². The highest BCUT2D eigenvalue weighted by molar-refractivity contribution is 5.75. The molecule has 2 heterocycles. The number of nitrogens with zero attached hydrogens (tertiary/aromatic N) is 3. The topological polar surface area (TPSA) is 89.7 Å². The van der Waals surface area contributed by atoms with Crippen molar-refractivity contribution in [1.29, 1.82) is 0 Å². The molecule has 0 saturated carbocycles. The number of hydrogen-bond acceptors (Lipinski definition) is 5. The Bertz CT molecular complexity index is 677. The van der Waals surface area contributed by atoms with Crippen LogP contribution in [0.3, 0.4) is 0 Å². The van der Waals surface area contributed by atoms with Gasteiger partial charge in [0.25, 0.3) is 0 Å². The van der Waals surface area contributed by atoms with Gasteiger partial charge in [0.05, 0.1) is 6.33 Å². The van der Waals surface area contributed by atoms with Gasteiger partial charge in [-0.1, -0.05) is 12.1 Å². The third-order valence-corrected chi connectivity index (χ3v) is 2.76. The average molecular weight is 255 g/mol. The largest absolute Gasteiger partial charge is 0.437 e. The molecule has 3 aromatic rings. The zero-order valence-electron chi connectivity index (χ0n) is 10.2. The highest BCUT2D eigenvalue weighted by Crippen LogP contribution is 2.24. The number of aromatic amines is 1. The standard InChI is InChI=1S/C13H13N5O/c14-6-5-9-1-3-10(4-2-9)19-13-11-12(16-7-15-11)17-8-18-13/h1-4,7-8H,5-6,14H2,(H,15,16,17,18). The summed E-state index contributed by atoms with van der Waals surface area (Å²) in [5, 5.41) is 0. The van der Waals surface area contributed by atoms with E-state index >= 15 is 0 Å². The normalized spacial score (nSPS) is 10.8. The van der Waals surface area contributed by atoms with E-state index in [4.69, 9.17) is 10.5 Å². The van der Waals surface area contributed by atoms with E-state index in [2.05, 4.69) is 19.9 Å². The molecule has 2 aromatic heterocycles. The van der Waals surface area contributed by atoms with Crippen molar-refractivity contribution in [3.8, 4) is 11.6 Å². The van der Waals surface area contributed by atoms with E-state index < -0.39 is 0 Å². The Morgan fingerprint density at radius 3 is 2.74 bits per heavy atom. The van der Waals surface area contributed by atoms with Crippen LogP contribution >= 0.6 is 0 Å². The second kappa shape index (κ2) is 5.03. The Labute approximate surface area is 109 Å². The summed E-state index contributed by atoms with van der Waals surface area (Å²) in [4.78, 5) is 15.2. The summed E-state index contributed by atoms with van der Waals surface area (Å²) in [6.45, 7) is 0.640. The van der Waals surface area contributed by atoms with E-state index in [1.54, 1.807) is 6.33 Å². The summed E-state index contributed by atoms with van der Waals surface area (Å²) in [5.74, 6) is 1.18. The molecule has 0 radical (unpaired) electrons. The van der Waals surface area contributed by atoms with Crippen LogP contribution < -0.4 is 10.5 Å². The number of ether oxygens (including phenoxy) is 1. The van der Waals surface area contributed by atoms with E-state index in [9.17, 15) is 0 Å². The van der Waals surface area contributed by atoms with Crippen LogP contribution in [0.2, 0.25) is 0 Å². The van der Waals surface area contributed by atoms with Gasteiger partial charge in [0.1, 0.15) is 17.6 Å². The van der Waals surface area contributed by atoms with Crippen LogP contribution in [-0.2, 0) is 6.42 Å². The molecule has 0 bridgehead atoms. The minimum absolute atomic E-state index is 0.467. The molecule has 1 aromatic carbocycles. The Morgan fingerprint density at radius 2 is 1.95 bits per heavy atom. The molecule has 6 heteroatoms. The molecular formula is C13H13N5O.